The lowest BCUT2D eigenvalue weighted by Crippen LogP contribution is -2.23. The second-order valence-corrected chi connectivity index (χ2v) is 5.34. The molecule has 8 heteroatoms. The molecular weight excluding hydrogens is 356 g/mol. The zero-order chi connectivity index (χ0) is 15.9. The Balaban J connectivity index is 2.17. The van der Waals surface area contributed by atoms with Crippen LogP contribution in [0, 0.1) is 10.1 Å². The number of rotatable bonds is 2. The van der Waals surface area contributed by atoms with E-state index in [4.69, 9.17) is 4.42 Å². The summed E-state index contributed by atoms with van der Waals surface area (Å²) in [6, 6.07) is 9.95. The SMILES string of the molecule is O=C(c1cccc([N+](=O)[O-])c1)n1c(=O)oc2cc(Br)ccc21. The monoisotopic (exact) mass is 362 g/mol. The molecule has 110 valence electrons. The van der Waals surface area contributed by atoms with Crippen LogP contribution in [0.15, 0.2) is 56.1 Å². The van der Waals surface area contributed by atoms with E-state index >= 15 is 0 Å². The molecule has 2 aromatic carbocycles. The molecule has 0 fully saturated rings. The summed E-state index contributed by atoms with van der Waals surface area (Å²) in [6.45, 7) is 0. The summed E-state index contributed by atoms with van der Waals surface area (Å²) in [5.74, 6) is -1.53. The van der Waals surface area contributed by atoms with Gasteiger partial charge in [0.2, 0.25) is 0 Å². The largest absolute Gasteiger partial charge is 0.427 e. The number of non-ortho nitro benzene ring substituents is 1. The van der Waals surface area contributed by atoms with Gasteiger partial charge in [0.1, 0.15) is 0 Å². The molecule has 3 aromatic rings. The number of nitro benzene ring substituents is 1. The minimum absolute atomic E-state index is 0.0296. The standard InChI is InChI=1S/C14H7BrN2O5/c15-9-4-5-11-12(7-9)22-14(19)16(11)13(18)8-2-1-3-10(6-8)17(20)21/h1-7H. The molecule has 0 aliphatic rings. The third-order valence-corrected chi connectivity index (χ3v) is 3.54. The Morgan fingerprint density at radius 1 is 1.23 bits per heavy atom. The lowest BCUT2D eigenvalue weighted by molar-refractivity contribution is -0.384. The Labute approximate surface area is 131 Å². The van der Waals surface area contributed by atoms with Gasteiger partial charge in [-0.15, -0.1) is 0 Å². The van der Waals surface area contributed by atoms with Gasteiger partial charge in [-0.05, 0) is 24.3 Å². The number of hydrogen-bond donors (Lipinski definition) is 0. The van der Waals surface area contributed by atoms with Gasteiger partial charge in [-0.2, -0.15) is 0 Å². The van der Waals surface area contributed by atoms with Crippen molar-refractivity contribution in [3.8, 4) is 0 Å². The smallest absolute Gasteiger partial charge is 0.407 e. The number of nitrogens with zero attached hydrogens (tertiary/aromatic N) is 2. The Kier molecular flexibility index (Phi) is 3.38. The van der Waals surface area contributed by atoms with Crippen LogP contribution in [0.25, 0.3) is 11.1 Å². The van der Waals surface area contributed by atoms with Crippen molar-refractivity contribution in [3.63, 3.8) is 0 Å². The van der Waals surface area contributed by atoms with Crippen molar-refractivity contribution in [2.75, 3.05) is 0 Å². The molecule has 0 saturated heterocycles. The van der Waals surface area contributed by atoms with E-state index in [0.29, 0.717) is 9.99 Å². The lowest BCUT2D eigenvalue weighted by Gasteiger charge is -2.01. The number of hydrogen-bond acceptors (Lipinski definition) is 5. The molecule has 7 nitrogen and oxygen atoms in total. The first-order valence-corrected chi connectivity index (χ1v) is 6.87. The predicted octanol–water partition coefficient (Wildman–Crippen LogP) is 2.95. The van der Waals surface area contributed by atoms with Crippen molar-refractivity contribution < 1.29 is 14.1 Å². The molecule has 0 aliphatic carbocycles. The van der Waals surface area contributed by atoms with Crippen molar-refractivity contribution in [2.24, 2.45) is 0 Å². The van der Waals surface area contributed by atoms with Crippen LogP contribution >= 0.6 is 15.9 Å². The molecule has 0 atom stereocenters. The van der Waals surface area contributed by atoms with Crippen molar-refractivity contribution in [3.05, 3.63) is 73.2 Å². The Bertz CT molecular complexity index is 973. The fraction of sp³-hybridized carbons (Fsp3) is 0. The maximum atomic E-state index is 12.5. The molecular formula is C14H7BrN2O5. The van der Waals surface area contributed by atoms with Crippen LogP contribution in [0.2, 0.25) is 0 Å². The van der Waals surface area contributed by atoms with Crippen LogP contribution < -0.4 is 5.76 Å². The number of carbonyl (C=O) groups is 1. The Morgan fingerprint density at radius 2 is 2.00 bits per heavy atom. The van der Waals surface area contributed by atoms with E-state index in [1.165, 1.54) is 18.2 Å². The van der Waals surface area contributed by atoms with Gasteiger partial charge in [0.05, 0.1) is 10.4 Å². The number of carbonyl (C=O) groups excluding carboxylic acids is 1. The molecule has 0 N–H and O–H groups in total. The molecule has 1 heterocycles. The summed E-state index contributed by atoms with van der Waals surface area (Å²) < 4.78 is 6.57. The van der Waals surface area contributed by atoms with Gasteiger partial charge in [0.15, 0.2) is 5.58 Å². The van der Waals surface area contributed by atoms with E-state index in [1.807, 2.05) is 0 Å². The molecule has 1 aromatic heterocycles. The minimum atomic E-state index is -0.843. The average Bonchev–Trinajstić information content (AvgIpc) is 2.81. The summed E-state index contributed by atoms with van der Waals surface area (Å²) in [5.41, 5.74) is 0.347. The van der Waals surface area contributed by atoms with Gasteiger partial charge in [-0.3, -0.25) is 14.9 Å². The number of fused-ring (bicyclic) bond motifs is 1. The van der Waals surface area contributed by atoms with Crippen molar-refractivity contribution in [1.82, 2.24) is 4.57 Å². The minimum Gasteiger partial charge on any atom is -0.407 e. The Hall–Kier alpha value is -2.74. The van der Waals surface area contributed by atoms with E-state index in [2.05, 4.69) is 15.9 Å². The van der Waals surface area contributed by atoms with Crippen LogP contribution in [-0.4, -0.2) is 15.4 Å². The van der Waals surface area contributed by atoms with Gasteiger partial charge in [-0.1, -0.05) is 22.0 Å². The highest BCUT2D eigenvalue weighted by Crippen LogP contribution is 2.20. The molecule has 22 heavy (non-hydrogen) atoms. The third kappa shape index (κ3) is 2.33. The number of nitro groups is 1. The first-order chi connectivity index (χ1) is 10.5. The number of halogens is 1. The molecule has 0 aliphatic heterocycles. The quantitative estimate of drug-likeness (QED) is 0.515. The van der Waals surface area contributed by atoms with Gasteiger partial charge < -0.3 is 4.42 Å². The lowest BCUT2D eigenvalue weighted by atomic mass is 10.2. The van der Waals surface area contributed by atoms with E-state index in [9.17, 15) is 19.7 Å². The van der Waals surface area contributed by atoms with E-state index in [0.717, 1.165) is 10.6 Å². The topological polar surface area (TPSA) is 95.3 Å². The molecule has 3 rings (SSSR count). The first kappa shape index (κ1) is 14.2. The van der Waals surface area contributed by atoms with Crippen LogP contribution in [0.5, 0.6) is 0 Å². The van der Waals surface area contributed by atoms with E-state index in [-0.39, 0.29) is 16.8 Å². The number of benzene rings is 2. The molecule has 0 bridgehead atoms. The van der Waals surface area contributed by atoms with Gasteiger partial charge in [0, 0.05) is 22.2 Å². The fourth-order valence-corrected chi connectivity index (χ4v) is 2.41. The fourth-order valence-electron chi connectivity index (χ4n) is 2.07. The second-order valence-electron chi connectivity index (χ2n) is 4.43. The van der Waals surface area contributed by atoms with E-state index in [1.54, 1.807) is 18.2 Å². The van der Waals surface area contributed by atoms with Crippen LogP contribution in [-0.2, 0) is 0 Å². The predicted molar refractivity (Wildman–Crippen MR) is 81.0 cm³/mol. The highest BCUT2D eigenvalue weighted by molar-refractivity contribution is 9.10. The van der Waals surface area contributed by atoms with E-state index < -0.39 is 16.6 Å². The second kappa shape index (κ2) is 5.23. The maximum absolute atomic E-state index is 12.5. The van der Waals surface area contributed by atoms with Crippen molar-refractivity contribution >= 4 is 38.6 Å². The number of oxazole rings is 1. The summed E-state index contributed by atoms with van der Waals surface area (Å²) in [7, 11) is 0. The highest BCUT2D eigenvalue weighted by atomic mass is 79.9. The Morgan fingerprint density at radius 3 is 2.73 bits per heavy atom. The molecule has 0 unspecified atom stereocenters. The molecule has 0 amide bonds. The zero-order valence-corrected chi connectivity index (χ0v) is 12.4. The van der Waals surface area contributed by atoms with Crippen molar-refractivity contribution in [1.29, 1.82) is 0 Å². The normalized spacial score (nSPS) is 10.8. The van der Waals surface area contributed by atoms with Crippen LogP contribution in [0.1, 0.15) is 10.4 Å². The first-order valence-electron chi connectivity index (χ1n) is 6.07. The van der Waals surface area contributed by atoms with Gasteiger partial charge >= 0.3 is 5.76 Å². The summed E-state index contributed by atoms with van der Waals surface area (Å²) in [5, 5.41) is 10.8. The average molecular weight is 363 g/mol. The maximum Gasteiger partial charge on any atom is 0.427 e. The molecule has 0 radical (unpaired) electrons. The summed E-state index contributed by atoms with van der Waals surface area (Å²) >= 11 is 3.24. The van der Waals surface area contributed by atoms with Crippen LogP contribution in [0.4, 0.5) is 5.69 Å². The van der Waals surface area contributed by atoms with Crippen LogP contribution in [0.3, 0.4) is 0 Å². The zero-order valence-electron chi connectivity index (χ0n) is 10.9. The molecule has 0 spiro atoms. The summed E-state index contributed by atoms with van der Waals surface area (Å²) in [4.78, 5) is 34.6. The third-order valence-electron chi connectivity index (χ3n) is 3.05. The van der Waals surface area contributed by atoms with Gasteiger partial charge in [0.25, 0.3) is 11.6 Å². The summed E-state index contributed by atoms with van der Waals surface area (Å²) in [6.07, 6.45) is 0. The van der Waals surface area contributed by atoms with Gasteiger partial charge in [-0.25, -0.2) is 9.36 Å². The van der Waals surface area contributed by atoms with Crippen molar-refractivity contribution in [2.45, 2.75) is 0 Å². The number of aromatic nitrogens is 1. The highest BCUT2D eigenvalue weighted by Gasteiger charge is 2.19. The molecule has 0 saturated carbocycles.